The molecule has 2 N–H and O–H groups in total. The number of aryl methyl sites for hydroxylation is 1. The molecule has 27 heavy (non-hydrogen) atoms. The summed E-state index contributed by atoms with van der Waals surface area (Å²) in [5.41, 5.74) is 3.76. The minimum absolute atomic E-state index is 0.148. The number of aromatic nitrogens is 2. The number of benzene rings is 1. The Bertz CT molecular complexity index is 932. The topological polar surface area (TPSA) is 74.9 Å². The molecule has 2 fully saturated rings. The van der Waals surface area contributed by atoms with Gasteiger partial charge < -0.3 is 24.7 Å². The monoisotopic (exact) mass is 365 g/mol. The number of hydrogen-bond donors (Lipinski definition) is 2. The molecule has 0 amide bonds. The molecule has 3 aliphatic heterocycles. The second-order valence-electron chi connectivity index (χ2n) is 7.42. The molecule has 0 aliphatic carbocycles. The van der Waals surface area contributed by atoms with Crippen molar-refractivity contribution in [2.75, 3.05) is 19.6 Å². The lowest BCUT2D eigenvalue weighted by atomic mass is 9.97. The van der Waals surface area contributed by atoms with E-state index in [1.807, 2.05) is 29.8 Å². The van der Waals surface area contributed by atoms with E-state index >= 15 is 0 Å². The van der Waals surface area contributed by atoms with Crippen LogP contribution in [0.5, 0.6) is 5.75 Å². The van der Waals surface area contributed by atoms with Crippen LogP contribution >= 0.6 is 0 Å². The van der Waals surface area contributed by atoms with Gasteiger partial charge in [-0.25, -0.2) is 4.98 Å². The number of phenols is 1. The van der Waals surface area contributed by atoms with Crippen LogP contribution in [-0.2, 0) is 4.84 Å². The molecule has 3 aliphatic rings. The zero-order chi connectivity index (χ0) is 18.4. The molecule has 1 aromatic carbocycles. The summed E-state index contributed by atoms with van der Waals surface area (Å²) >= 11 is 0. The number of rotatable bonds is 2. The molecule has 140 valence electrons. The van der Waals surface area contributed by atoms with Crippen molar-refractivity contribution in [1.29, 1.82) is 0 Å². The first kappa shape index (κ1) is 16.4. The fourth-order valence-corrected chi connectivity index (χ4v) is 4.19. The van der Waals surface area contributed by atoms with Gasteiger partial charge in [-0.15, -0.1) is 0 Å². The van der Waals surface area contributed by atoms with Crippen molar-refractivity contribution in [2.45, 2.75) is 31.9 Å². The molecule has 5 rings (SSSR count). The normalized spacial score (nSPS) is 25.7. The van der Waals surface area contributed by atoms with E-state index in [9.17, 15) is 5.11 Å². The number of oxime groups is 1. The smallest absolute Gasteiger partial charge is 0.171 e. The third-order valence-corrected chi connectivity index (χ3v) is 5.54. The van der Waals surface area contributed by atoms with Crippen molar-refractivity contribution < 1.29 is 9.94 Å². The molecule has 0 spiro atoms. The number of fused-ring (bicyclic) bond motifs is 3. The summed E-state index contributed by atoms with van der Waals surface area (Å²) in [7, 11) is 0. The number of piperidine rings is 1. The quantitative estimate of drug-likeness (QED) is 0.852. The predicted molar refractivity (Wildman–Crippen MR) is 103 cm³/mol. The molecule has 2 unspecified atom stereocenters. The molecule has 0 radical (unpaired) electrons. The van der Waals surface area contributed by atoms with Gasteiger partial charge in [0, 0.05) is 25.8 Å². The number of amidine groups is 1. The molecule has 7 heteroatoms. The molecule has 7 nitrogen and oxygen atoms in total. The second kappa shape index (κ2) is 6.42. The highest BCUT2D eigenvalue weighted by Crippen LogP contribution is 2.30. The SMILES string of the molecule is Cc1cn(-c2ccc(/C=C3\CCCN4C3=NOC3CNCC34)cc2O)cn1. The van der Waals surface area contributed by atoms with E-state index in [1.165, 1.54) is 0 Å². The summed E-state index contributed by atoms with van der Waals surface area (Å²) in [6.45, 7) is 4.75. The number of aromatic hydroxyl groups is 1. The van der Waals surface area contributed by atoms with Gasteiger partial charge in [-0.3, -0.25) is 0 Å². The van der Waals surface area contributed by atoms with Crippen LogP contribution in [0.4, 0.5) is 0 Å². The van der Waals surface area contributed by atoms with Gasteiger partial charge >= 0.3 is 0 Å². The van der Waals surface area contributed by atoms with Crippen LogP contribution in [-0.4, -0.2) is 57.2 Å². The van der Waals surface area contributed by atoms with E-state index in [1.54, 1.807) is 12.4 Å². The fourth-order valence-electron chi connectivity index (χ4n) is 4.19. The van der Waals surface area contributed by atoms with E-state index < -0.39 is 0 Å². The first-order valence-electron chi connectivity index (χ1n) is 9.45. The van der Waals surface area contributed by atoms with Crippen molar-refractivity contribution in [3.63, 3.8) is 0 Å². The molecular formula is C20H23N5O2. The average molecular weight is 365 g/mol. The summed E-state index contributed by atoms with van der Waals surface area (Å²) in [5.74, 6) is 1.18. The van der Waals surface area contributed by atoms with Crippen LogP contribution in [0.2, 0.25) is 0 Å². The molecular weight excluding hydrogens is 342 g/mol. The van der Waals surface area contributed by atoms with Crippen LogP contribution in [0.1, 0.15) is 24.1 Å². The van der Waals surface area contributed by atoms with Crippen molar-refractivity contribution in [3.05, 3.63) is 47.6 Å². The van der Waals surface area contributed by atoms with Crippen LogP contribution in [0.25, 0.3) is 11.8 Å². The molecule has 2 atom stereocenters. The average Bonchev–Trinajstić information content (AvgIpc) is 3.31. The Kier molecular flexibility index (Phi) is 3.89. The molecule has 2 aromatic rings. The largest absolute Gasteiger partial charge is 0.506 e. The number of hydrogen-bond acceptors (Lipinski definition) is 6. The lowest BCUT2D eigenvalue weighted by Crippen LogP contribution is -2.53. The van der Waals surface area contributed by atoms with Gasteiger partial charge in [-0.2, -0.15) is 0 Å². The maximum absolute atomic E-state index is 10.5. The van der Waals surface area contributed by atoms with Gasteiger partial charge in [0.2, 0.25) is 0 Å². The summed E-state index contributed by atoms with van der Waals surface area (Å²) < 4.78 is 1.83. The molecule has 0 bridgehead atoms. The van der Waals surface area contributed by atoms with Gasteiger partial charge in [0.05, 0.1) is 23.8 Å². The number of nitrogens with zero attached hydrogens (tertiary/aromatic N) is 4. The van der Waals surface area contributed by atoms with E-state index in [4.69, 9.17) is 4.84 Å². The number of phenolic OH excluding ortho intramolecular Hbond substituents is 1. The second-order valence-corrected chi connectivity index (χ2v) is 7.42. The zero-order valence-electron chi connectivity index (χ0n) is 15.3. The van der Waals surface area contributed by atoms with E-state index in [-0.39, 0.29) is 11.9 Å². The Morgan fingerprint density at radius 3 is 3.07 bits per heavy atom. The minimum Gasteiger partial charge on any atom is -0.506 e. The van der Waals surface area contributed by atoms with Gasteiger partial charge in [0.1, 0.15) is 5.75 Å². The highest BCUT2D eigenvalue weighted by Gasteiger charge is 2.41. The maximum Gasteiger partial charge on any atom is 0.171 e. The van der Waals surface area contributed by atoms with E-state index in [0.29, 0.717) is 6.04 Å². The van der Waals surface area contributed by atoms with E-state index in [2.05, 4.69) is 26.4 Å². The Balaban J connectivity index is 1.45. The third-order valence-electron chi connectivity index (χ3n) is 5.54. The number of nitrogens with one attached hydrogen (secondary N) is 1. The van der Waals surface area contributed by atoms with Crippen molar-refractivity contribution in [2.24, 2.45) is 5.16 Å². The zero-order valence-corrected chi connectivity index (χ0v) is 15.3. The molecule has 0 saturated carbocycles. The summed E-state index contributed by atoms with van der Waals surface area (Å²) in [4.78, 5) is 12.3. The maximum atomic E-state index is 10.5. The fraction of sp³-hybridized carbons (Fsp3) is 0.400. The van der Waals surface area contributed by atoms with Crippen molar-refractivity contribution in [3.8, 4) is 11.4 Å². The third kappa shape index (κ3) is 2.88. The summed E-state index contributed by atoms with van der Waals surface area (Å²) in [6.07, 6.45) is 7.93. The van der Waals surface area contributed by atoms with Gasteiger partial charge in [0.15, 0.2) is 11.9 Å². The van der Waals surface area contributed by atoms with Crippen LogP contribution < -0.4 is 5.32 Å². The Morgan fingerprint density at radius 1 is 1.33 bits per heavy atom. The summed E-state index contributed by atoms with van der Waals surface area (Å²) in [6, 6.07) is 6.09. The Hall–Kier alpha value is -2.80. The van der Waals surface area contributed by atoms with Crippen LogP contribution in [0.15, 0.2) is 41.5 Å². The standard InChI is InChI=1S/C20H23N5O2/c1-13-11-24(12-22-13)16-5-4-14(8-18(16)26)7-15-3-2-6-25-17-9-21-10-19(17)27-23-20(15)25/h4-5,7-8,11-12,17,19,21,26H,2-3,6,9-10H2,1H3/b15-7+. The first-order valence-corrected chi connectivity index (χ1v) is 9.45. The minimum atomic E-state index is 0.148. The van der Waals surface area contributed by atoms with Crippen LogP contribution in [0, 0.1) is 6.92 Å². The highest BCUT2D eigenvalue weighted by molar-refractivity contribution is 6.03. The lowest BCUT2D eigenvalue weighted by Gasteiger charge is -2.40. The number of imidazole rings is 1. The molecule has 2 saturated heterocycles. The van der Waals surface area contributed by atoms with Crippen LogP contribution in [0.3, 0.4) is 0 Å². The van der Waals surface area contributed by atoms with E-state index in [0.717, 1.165) is 60.8 Å². The Morgan fingerprint density at radius 2 is 2.26 bits per heavy atom. The lowest BCUT2D eigenvalue weighted by molar-refractivity contribution is 0.00663. The first-order chi connectivity index (χ1) is 13.2. The van der Waals surface area contributed by atoms with Crippen molar-refractivity contribution >= 4 is 11.9 Å². The van der Waals surface area contributed by atoms with Gasteiger partial charge in [-0.1, -0.05) is 11.2 Å². The summed E-state index contributed by atoms with van der Waals surface area (Å²) in [5, 5.41) is 18.3. The predicted octanol–water partition coefficient (Wildman–Crippen LogP) is 2.05. The highest BCUT2D eigenvalue weighted by atomic mass is 16.6. The Labute approximate surface area is 158 Å². The molecule has 1 aromatic heterocycles. The van der Waals surface area contributed by atoms with Gasteiger partial charge in [-0.05, 0) is 49.1 Å². The van der Waals surface area contributed by atoms with Gasteiger partial charge in [0.25, 0.3) is 0 Å². The molecule has 4 heterocycles. The van der Waals surface area contributed by atoms with Crippen molar-refractivity contribution in [1.82, 2.24) is 19.8 Å².